The highest BCUT2D eigenvalue weighted by molar-refractivity contribution is 6.08. The normalized spacial score (nSPS) is 14.3. The molecule has 1 fully saturated rings. The molecule has 1 heterocycles. The first-order chi connectivity index (χ1) is 18.1. The second-order valence-electron chi connectivity index (χ2n) is 9.56. The Morgan fingerprint density at radius 2 is 1.63 bits per heavy atom. The van der Waals surface area contributed by atoms with Crippen molar-refractivity contribution in [2.24, 2.45) is 5.92 Å². The number of hydrogen-bond donors (Lipinski definition) is 1. The first-order valence-electron chi connectivity index (χ1n) is 12.7. The number of hydrogen-bond acceptors (Lipinski definition) is 4. The van der Waals surface area contributed by atoms with Crippen molar-refractivity contribution in [3.8, 4) is 11.1 Å². The van der Waals surface area contributed by atoms with Crippen molar-refractivity contribution in [3.63, 3.8) is 0 Å². The number of halogens is 3. The molecule has 0 saturated carbocycles. The van der Waals surface area contributed by atoms with E-state index in [1.165, 1.54) is 12.1 Å². The van der Waals surface area contributed by atoms with E-state index in [-0.39, 0.29) is 11.9 Å². The first kappa shape index (κ1) is 27.2. The molecule has 38 heavy (non-hydrogen) atoms. The lowest BCUT2D eigenvalue weighted by Crippen LogP contribution is -2.34. The van der Waals surface area contributed by atoms with E-state index in [4.69, 9.17) is 4.74 Å². The predicted molar refractivity (Wildman–Crippen MR) is 142 cm³/mol. The van der Waals surface area contributed by atoms with Crippen LogP contribution in [-0.2, 0) is 15.7 Å². The topological polar surface area (TPSA) is 58.6 Å². The highest BCUT2D eigenvalue weighted by atomic mass is 19.4. The molecule has 0 aliphatic carbocycles. The van der Waals surface area contributed by atoms with Crippen molar-refractivity contribution in [2.75, 3.05) is 29.9 Å². The summed E-state index contributed by atoms with van der Waals surface area (Å²) in [5, 5.41) is 2.91. The van der Waals surface area contributed by atoms with Gasteiger partial charge in [-0.3, -0.25) is 9.59 Å². The Labute approximate surface area is 220 Å². The minimum absolute atomic E-state index is 0.138. The SMILES string of the molecule is CCOC(=O)CC1CCN(c2ccc(NC(=O)c3ccc(C)cc3-c3ccc(C(F)(F)F)cc3)cc2)CC1. The number of carbonyl (C=O) groups is 2. The monoisotopic (exact) mass is 524 g/mol. The Kier molecular flexibility index (Phi) is 8.39. The summed E-state index contributed by atoms with van der Waals surface area (Å²) in [6, 6.07) is 17.7. The Morgan fingerprint density at radius 3 is 2.24 bits per heavy atom. The molecule has 0 unspecified atom stereocenters. The van der Waals surface area contributed by atoms with Crippen molar-refractivity contribution >= 4 is 23.3 Å². The summed E-state index contributed by atoms with van der Waals surface area (Å²) < 4.78 is 44.0. The molecular weight excluding hydrogens is 493 g/mol. The Morgan fingerprint density at radius 1 is 0.974 bits per heavy atom. The number of nitrogens with one attached hydrogen (secondary N) is 1. The van der Waals surface area contributed by atoms with E-state index in [0.717, 1.165) is 49.3 Å². The van der Waals surface area contributed by atoms with Crippen LogP contribution in [0.4, 0.5) is 24.5 Å². The van der Waals surface area contributed by atoms with Crippen LogP contribution >= 0.6 is 0 Å². The quantitative estimate of drug-likeness (QED) is 0.335. The molecule has 0 spiro atoms. The van der Waals surface area contributed by atoms with Crippen LogP contribution in [0.5, 0.6) is 0 Å². The Balaban J connectivity index is 1.42. The minimum Gasteiger partial charge on any atom is -0.466 e. The highest BCUT2D eigenvalue weighted by Crippen LogP contribution is 2.33. The van der Waals surface area contributed by atoms with Gasteiger partial charge in [0.1, 0.15) is 0 Å². The van der Waals surface area contributed by atoms with Crippen LogP contribution in [0.25, 0.3) is 11.1 Å². The van der Waals surface area contributed by atoms with Gasteiger partial charge in [0.2, 0.25) is 0 Å². The molecular formula is C30H31F3N2O3. The number of benzene rings is 3. The van der Waals surface area contributed by atoms with Gasteiger partial charge in [-0.05, 0) is 86.2 Å². The minimum atomic E-state index is -4.42. The summed E-state index contributed by atoms with van der Waals surface area (Å²) in [6.07, 6.45) is -2.13. The summed E-state index contributed by atoms with van der Waals surface area (Å²) in [6.45, 7) is 5.77. The number of amides is 1. The van der Waals surface area contributed by atoms with E-state index < -0.39 is 11.7 Å². The fourth-order valence-electron chi connectivity index (χ4n) is 4.74. The molecule has 3 aromatic rings. The average Bonchev–Trinajstić information content (AvgIpc) is 2.89. The smallest absolute Gasteiger partial charge is 0.416 e. The van der Waals surface area contributed by atoms with Crippen molar-refractivity contribution in [1.82, 2.24) is 0 Å². The lowest BCUT2D eigenvalue weighted by atomic mass is 9.93. The molecule has 1 saturated heterocycles. The number of anilines is 2. The summed E-state index contributed by atoms with van der Waals surface area (Å²) in [5.41, 5.74) is 3.30. The molecule has 1 amide bonds. The van der Waals surface area contributed by atoms with Gasteiger partial charge in [0.05, 0.1) is 12.2 Å². The van der Waals surface area contributed by atoms with E-state index in [0.29, 0.717) is 41.3 Å². The van der Waals surface area contributed by atoms with Gasteiger partial charge in [-0.25, -0.2) is 0 Å². The number of ether oxygens (including phenoxy) is 1. The summed E-state index contributed by atoms with van der Waals surface area (Å²) in [7, 11) is 0. The van der Waals surface area contributed by atoms with Crippen LogP contribution < -0.4 is 10.2 Å². The Bertz CT molecular complexity index is 1260. The third-order valence-corrected chi connectivity index (χ3v) is 6.81. The van der Waals surface area contributed by atoms with Crippen molar-refractivity contribution < 1.29 is 27.5 Å². The molecule has 200 valence electrons. The average molecular weight is 525 g/mol. The largest absolute Gasteiger partial charge is 0.466 e. The lowest BCUT2D eigenvalue weighted by Gasteiger charge is -2.33. The van der Waals surface area contributed by atoms with E-state index in [9.17, 15) is 22.8 Å². The number of rotatable bonds is 7. The van der Waals surface area contributed by atoms with Gasteiger partial charge in [0, 0.05) is 36.4 Å². The molecule has 0 atom stereocenters. The van der Waals surface area contributed by atoms with Crippen LogP contribution in [0, 0.1) is 12.8 Å². The number of nitrogens with zero attached hydrogens (tertiary/aromatic N) is 1. The molecule has 8 heteroatoms. The van der Waals surface area contributed by atoms with Crippen LogP contribution in [0.2, 0.25) is 0 Å². The standard InChI is InChI=1S/C30H31F3N2O3/c1-3-38-28(36)19-21-14-16-35(17-15-21)25-11-9-24(10-12-25)34-29(37)26-13-4-20(2)18-27(26)22-5-7-23(8-6-22)30(31,32)33/h4-13,18,21H,3,14-17,19H2,1-2H3,(H,34,37). The highest BCUT2D eigenvalue weighted by Gasteiger charge is 2.30. The molecule has 1 aliphatic rings. The number of aryl methyl sites for hydroxylation is 1. The molecule has 1 N–H and O–H groups in total. The molecule has 0 aromatic heterocycles. The zero-order valence-electron chi connectivity index (χ0n) is 21.5. The lowest BCUT2D eigenvalue weighted by molar-refractivity contribution is -0.144. The van der Waals surface area contributed by atoms with Gasteiger partial charge in [0.25, 0.3) is 5.91 Å². The van der Waals surface area contributed by atoms with Gasteiger partial charge in [0.15, 0.2) is 0 Å². The number of piperidine rings is 1. The summed E-state index contributed by atoms with van der Waals surface area (Å²) >= 11 is 0. The number of esters is 1. The molecule has 0 bridgehead atoms. The molecule has 5 nitrogen and oxygen atoms in total. The van der Waals surface area contributed by atoms with Gasteiger partial charge in [-0.15, -0.1) is 0 Å². The zero-order chi connectivity index (χ0) is 27.3. The maximum absolute atomic E-state index is 13.2. The molecule has 1 aliphatic heterocycles. The molecule has 3 aromatic carbocycles. The molecule has 0 radical (unpaired) electrons. The number of carbonyl (C=O) groups excluding carboxylic acids is 2. The maximum Gasteiger partial charge on any atom is 0.416 e. The van der Waals surface area contributed by atoms with Crippen molar-refractivity contribution in [2.45, 2.75) is 39.3 Å². The first-order valence-corrected chi connectivity index (χ1v) is 12.7. The Hall–Kier alpha value is -3.81. The number of alkyl halides is 3. The van der Waals surface area contributed by atoms with Gasteiger partial charge >= 0.3 is 12.1 Å². The van der Waals surface area contributed by atoms with Crippen LogP contribution in [0.15, 0.2) is 66.7 Å². The summed E-state index contributed by atoms with van der Waals surface area (Å²) in [5.74, 6) is -0.147. The van der Waals surface area contributed by atoms with Gasteiger partial charge < -0.3 is 15.0 Å². The van der Waals surface area contributed by atoms with Gasteiger partial charge in [-0.2, -0.15) is 13.2 Å². The van der Waals surface area contributed by atoms with Crippen molar-refractivity contribution in [1.29, 1.82) is 0 Å². The predicted octanol–water partition coefficient (Wildman–Crippen LogP) is 7.10. The fourth-order valence-corrected chi connectivity index (χ4v) is 4.74. The van der Waals surface area contributed by atoms with Gasteiger partial charge in [-0.1, -0.05) is 29.8 Å². The maximum atomic E-state index is 13.2. The second kappa shape index (κ2) is 11.7. The van der Waals surface area contributed by atoms with Crippen LogP contribution in [0.1, 0.15) is 47.7 Å². The molecule has 4 rings (SSSR count). The second-order valence-corrected chi connectivity index (χ2v) is 9.56. The van der Waals surface area contributed by atoms with Crippen LogP contribution in [-0.4, -0.2) is 31.6 Å². The van der Waals surface area contributed by atoms with Crippen LogP contribution in [0.3, 0.4) is 0 Å². The van der Waals surface area contributed by atoms with E-state index >= 15 is 0 Å². The van der Waals surface area contributed by atoms with Crippen molar-refractivity contribution in [3.05, 3.63) is 83.4 Å². The van der Waals surface area contributed by atoms with E-state index in [1.54, 1.807) is 18.2 Å². The fraction of sp³-hybridized carbons (Fsp3) is 0.333. The third-order valence-electron chi connectivity index (χ3n) is 6.81. The third kappa shape index (κ3) is 6.73. The zero-order valence-corrected chi connectivity index (χ0v) is 21.5. The summed E-state index contributed by atoms with van der Waals surface area (Å²) in [4.78, 5) is 27.2. The van der Waals surface area contributed by atoms with E-state index in [1.807, 2.05) is 38.1 Å². The van der Waals surface area contributed by atoms with E-state index in [2.05, 4.69) is 10.2 Å².